The van der Waals surface area contributed by atoms with Gasteiger partial charge in [-0.25, -0.2) is 4.98 Å². The number of amides is 1. The van der Waals surface area contributed by atoms with Crippen LogP contribution >= 0.6 is 11.3 Å². The fourth-order valence-corrected chi connectivity index (χ4v) is 5.11. The molecule has 5 heteroatoms. The molecule has 0 radical (unpaired) electrons. The maximum atomic E-state index is 12.7. The lowest BCUT2D eigenvalue weighted by molar-refractivity contribution is -0.116. The Hall–Kier alpha value is -4.06. The van der Waals surface area contributed by atoms with Crippen LogP contribution in [0, 0.1) is 0 Å². The molecule has 0 unspecified atom stereocenters. The summed E-state index contributed by atoms with van der Waals surface area (Å²) in [4.78, 5) is 18.5. The van der Waals surface area contributed by atoms with Gasteiger partial charge in [0.1, 0.15) is 0 Å². The third-order valence-electron chi connectivity index (χ3n) is 6.00. The molecule has 5 aromatic rings. The maximum absolute atomic E-state index is 12.7. The van der Waals surface area contributed by atoms with E-state index in [9.17, 15) is 9.90 Å². The second-order valence-corrected chi connectivity index (χ2v) is 9.52. The Kier molecular flexibility index (Phi) is 7.31. The van der Waals surface area contributed by atoms with E-state index in [1.807, 2.05) is 78.9 Å². The molecule has 0 bridgehead atoms. The topological polar surface area (TPSA) is 62.2 Å². The fraction of sp³-hybridized carbons (Fsp3) is 0.0968. The van der Waals surface area contributed by atoms with E-state index in [1.54, 1.807) is 0 Å². The molecular formula is C31H26N2O2S. The van der Waals surface area contributed by atoms with E-state index in [4.69, 9.17) is 4.98 Å². The van der Waals surface area contributed by atoms with Crippen LogP contribution in [-0.4, -0.2) is 16.0 Å². The molecule has 0 aliphatic heterocycles. The van der Waals surface area contributed by atoms with Crippen LogP contribution < -0.4 is 5.32 Å². The van der Waals surface area contributed by atoms with Crippen molar-refractivity contribution in [3.05, 3.63) is 121 Å². The summed E-state index contributed by atoms with van der Waals surface area (Å²) in [5.41, 5.74) is 6.01. The zero-order valence-electron chi connectivity index (χ0n) is 19.7. The first-order valence-electron chi connectivity index (χ1n) is 11.9. The molecular weight excluding hydrogens is 464 g/mol. The van der Waals surface area contributed by atoms with Crippen molar-refractivity contribution in [2.24, 2.45) is 0 Å². The van der Waals surface area contributed by atoms with Gasteiger partial charge in [0.2, 0.25) is 5.91 Å². The molecule has 1 aromatic heterocycles. The maximum Gasteiger partial charge on any atom is 0.226 e. The molecule has 36 heavy (non-hydrogen) atoms. The highest BCUT2D eigenvalue weighted by atomic mass is 32.1. The predicted molar refractivity (Wildman–Crippen MR) is 148 cm³/mol. The van der Waals surface area contributed by atoms with Crippen LogP contribution in [0.25, 0.3) is 32.8 Å². The standard InChI is InChI=1S/C31H26N2O2S/c34-27(24-12-6-2-7-13-24)20-21-28(35)32-31-33-29(25-14-8-3-9-15-25)30(36-31)26-18-16-23(17-19-26)22-10-4-1-5-11-22/h1-19,27,34H,20-21H2,(H,32,33,35)/t27-/m1/s1. The minimum Gasteiger partial charge on any atom is -0.388 e. The predicted octanol–water partition coefficient (Wildman–Crippen LogP) is 7.60. The Balaban J connectivity index is 1.36. The highest BCUT2D eigenvalue weighted by Crippen LogP contribution is 2.39. The molecule has 0 saturated carbocycles. The summed E-state index contributed by atoms with van der Waals surface area (Å²) in [5.74, 6) is -0.163. The second-order valence-electron chi connectivity index (χ2n) is 8.52. The number of nitrogens with zero attached hydrogens (tertiary/aromatic N) is 1. The Morgan fingerprint density at radius 2 is 1.25 bits per heavy atom. The van der Waals surface area contributed by atoms with E-state index >= 15 is 0 Å². The molecule has 0 fully saturated rings. The van der Waals surface area contributed by atoms with Gasteiger partial charge >= 0.3 is 0 Å². The van der Waals surface area contributed by atoms with Crippen molar-refractivity contribution in [3.8, 4) is 32.8 Å². The highest BCUT2D eigenvalue weighted by molar-refractivity contribution is 7.19. The average Bonchev–Trinajstić information content (AvgIpc) is 3.37. The molecule has 0 spiro atoms. The van der Waals surface area contributed by atoms with Crippen LogP contribution in [0.3, 0.4) is 0 Å². The van der Waals surface area contributed by atoms with Crippen molar-refractivity contribution in [2.75, 3.05) is 5.32 Å². The normalized spacial score (nSPS) is 11.7. The summed E-state index contributed by atoms with van der Waals surface area (Å²) in [6.07, 6.45) is -0.121. The number of aliphatic hydroxyl groups is 1. The van der Waals surface area contributed by atoms with Crippen molar-refractivity contribution in [1.29, 1.82) is 0 Å². The Bertz CT molecular complexity index is 1420. The monoisotopic (exact) mass is 490 g/mol. The molecule has 5 rings (SSSR count). The van der Waals surface area contributed by atoms with Gasteiger partial charge in [-0.1, -0.05) is 127 Å². The summed E-state index contributed by atoms with van der Waals surface area (Å²) in [5, 5.41) is 13.9. The number of benzene rings is 4. The number of carbonyl (C=O) groups excluding carboxylic acids is 1. The number of thiazole rings is 1. The fourth-order valence-electron chi connectivity index (χ4n) is 4.10. The van der Waals surface area contributed by atoms with Gasteiger partial charge in [0.05, 0.1) is 16.7 Å². The van der Waals surface area contributed by atoms with Crippen molar-refractivity contribution in [3.63, 3.8) is 0 Å². The summed E-state index contributed by atoms with van der Waals surface area (Å²) < 4.78 is 0. The minimum absolute atomic E-state index is 0.163. The zero-order chi connectivity index (χ0) is 24.7. The molecule has 1 amide bonds. The van der Waals surface area contributed by atoms with Gasteiger partial charge in [-0.2, -0.15) is 0 Å². The molecule has 0 aliphatic carbocycles. The zero-order valence-corrected chi connectivity index (χ0v) is 20.5. The number of aromatic nitrogens is 1. The largest absolute Gasteiger partial charge is 0.388 e. The van der Waals surface area contributed by atoms with E-state index < -0.39 is 6.10 Å². The van der Waals surface area contributed by atoms with Crippen molar-refractivity contribution in [1.82, 2.24) is 4.98 Å². The van der Waals surface area contributed by atoms with Gasteiger partial charge in [-0.3, -0.25) is 4.79 Å². The van der Waals surface area contributed by atoms with Gasteiger partial charge in [0.15, 0.2) is 5.13 Å². The number of nitrogens with one attached hydrogen (secondary N) is 1. The number of hydrogen-bond acceptors (Lipinski definition) is 4. The molecule has 178 valence electrons. The first-order chi connectivity index (χ1) is 17.7. The second kappa shape index (κ2) is 11.1. The Labute approximate surface area is 214 Å². The Morgan fingerprint density at radius 1 is 0.722 bits per heavy atom. The number of anilines is 1. The lowest BCUT2D eigenvalue weighted by Crippen LogP contribution is -2.12. The first kappa shape index (κ1) is 23.7. The third kappa shape index (κ3) is 5.60. The molecule has 0 aliphatic rings. The SMILES string of the molecule is O=C(CC[C@@H](O)c1ccccc1)Nc1nc(-c2ccccc2)c(-c2ccc(-c3ccccc3)cc2)s1. The van der Waals surface area contributed by atoms with Crippen molar-refractivity contribution >= 4 is 22.4 Å². The van der Waals surface area contributed by atoms with Gasteiger partial charge < -0.3 is 10.4 Å². The summed E-state index contributed by atoms with van der Waals surface area (Å²) in [6.45, 7) is 0. The molecule has 2 N–H and O–H groups in total. The molecule has 4 nitrogen and oxygen atoms in total. The van der Waals surface area contributed by atoms with Crippen LogP contribution in [0.15, 0.2) is 115 Å². The number of rotatable bonds is 8. The van der Waals surface area contributed by atoms with Gasteiger partial charge in [0.25, 0.3) is 0 Å². The first-order valence-corrected chi connectivity index (χ1v) is 12.7. The smallest absolute Gasteiger partial charge is 0.226 e. The molecule has 1 heterocycles. The molecule has 0 saturated heterocycles. The van der Waals surface area contributed by atoms with Gasteiger partial charge in [0, 0.05) is 12.0 Å². The van der Waals surface area contributed by atoms with Crippen LogP contribution in [-0.2, 0) is 4.79 Å². The summed E-state index contributed by atoms with van der Waals surface area (Å²) >= 11 is 1.46. The van der Waals surface area contributed by atoms with Crippen molar-refractivity contribution < 1.29 is 9.90 Å². The van der Waals surface area contributed by atoms with E-state index in [1.165, 1.54) is 16.9 Å². The molecule has 4 aromatic carbocycles. The number of carbonyl (C=O) groups is 1. The average molecular weight is 491 g/mol. The quantitative estimate of drug-likeness (QED) is 0.235. The lowest BCUT2D eigenvalue weighted by atomic mass is 10.0. The van der Waals surface area contributed by atoms with E-state index in [0.29, 0.717) is 11.6 Å². The van der Waals surface area contributed by atoms with Gasteiger partial charge in [-0.05, 0) is 28.7 Å². The molecule has 1 atom stereocenters. The number of hydrogen-bond donors (Lipinski definition) is 2. The van der Waals surface area contributed by atoms with Gasteiger partial charge in [-0.15, -0.1) is 0 Å². The van der Waals surface area contributed by atoms with Crippen LogP contribution in [0.2, 0.25) is 0 Å². The summed E-state index contributed by atoms with van der Waals surface area (Å²) in [7, 11) is 0. The van der Waals surface area contributed by atoms with Crippen molar-refractivity contribution in [2.45, 2.75) is 18.9 Å². The van der Waals surface area contributed by atoms with E-state index in [0.717, 1.165) is 32.8 Å². The lowest BCUT2D eigenvalue weighted by Gasteiger charge is -2.10. The highest BCUT2D eigenvalue weighted by Gasteiger charge is 2.17. The summed E-state index contributed by atoms with van der Waals surface area (Å²) in [6, 6.07) is 38.1. The Morgan fingerprint density at radius 3 is 1.89 bits per heavy atom. The van der Waals surface area contributed by atoms with E-state index in [2.05, 4.69) is 41.7 Å². The number of aliphatic hydroxyl groups excluding tert-OH is 1. The van der Waals surface area contributed by atoms with E-state index in [-0.39, 0.29) is 12.3 Å². The van der Waals surface area contributed by atoms with Crippen LogP contribution in [0.5, 0.6) is 0 Å². The van der Waals surface area contributed by atoms with Crippen LogP contribution in [0.1, 0.15) is 24.5 Å². The third-order valence-corrected chi connectivity index (χ3v) is 7.02. The minimum atomic E-state index is -0.674. The van der Waals surface area contributed by atoms with Crippen LogP contribution in [0.4, 0.5) is 5.13 Å².